The highest BCUT2D eigenvalue weighted by Gasteiger charge is 2.28. The second-order valence-corrected chi connectivity index (χ2v) is 6.93. The number of rotatable bonds is 7. The van der Waals surface area contributed by atoms with Gasteiger partial charge in [-0.05, 0) is 31.0 Å². The fraction of sp³-hybridized carbons (Fsp3) is 0.350. The largest absolute Gasteiger partial charge is 0.343 e. The van der Waals surface area contributed by atoms with Crippen LogP contribution in [0, 0.1) is 5.41 Å². The Morgan fingerprint density at radius 1 is 1.33 bits per heavy atom. The van der Waals surface area contributed by atoms with E-state index in [1.54, 1.807) is 31.3 Å². The SMILES string of the molecule is C=C(Nc1ccccn1)Nc1c(C=N)cc(C(=O)N(C)C)n1C1CCCC1. The van der Waals surface area contributed by atoms with E-state index >= 15 is 0 Å². The molecule has 2 aromatic heterocycles. The van der Waals surface area contributed by atoms with Crippen molar-refractivity contribution in [3.05, 3.63) is 54.1 Å². The van der Waals surface area contributed by atoms with E-state index in [2.05, 4.69) is 22.2 Å². The number of pyridine rings is 1. The molecule has 7 heteroatoms. The minimum absolute atomic E-state index is 0.0682. The molecule has 0 aromatic carbocycles. The first-order valence-corrected chi connectivity index (χ1v) is 9.12. The normalized spacial score (nSPS) is 14.0. The first-order valence-electron chi connectivity index (χ1n) is 9.12. The van der Waals surface area contributed by atoms with Crippen LogP contribution in [-0.4, -0.2) is 40.7 Å². The first-order chi connectivity index (χ1) is 13.0. The van der Waals surface area contributed by atoms with Gasteiger partial charge in [0, 0.05) is 38.1 Å². The number of nitrogens with one attached hydrogen (secondary N) is 3. The predicted octanol–water partition coefficient (Wildman–Crippen LogP) is 3.69. The average Bonchev–Trinajstić information content (AvgIpc) is 3.29. The number of carbonyl (C=O) groups is 1. The quantitative estimate of drug-likeness (QED) is 0.652. The molecule has 1 fully saturated rings. The van der Waals surface area contributed by atoms with E-state index in [4.69, 9.17) is 5.41 Å². The molecule has 2 aromatic rings. The maximum absolute atomic E-state index is 12.7. The van der Waals surface area contributed by atoms with E-state index < -0.39 is 0 Å². The van der Waals surface area contributed by atoms with Gasteiger partial charge in [-0.3, -0.25) is 4.79 Å². The minimum atomic E-state index is -0.0682. The van der Waals surface area contributed by atoms with Crippen LogP contribution in [0.4, 0.5) is 11.6 Å². The zero-order valence-electron chi connectivity index (χ0n) is 15.8. The minimum Gasteiger partial charge on any atom is -0.343 e. The molecule has 0 radical (unpaired) electrons. The number of amides is 1. The van der Waals surface area contributed by atoms with Gasteiger partial charge in [-0.1, -0.05) is 25.5 Å². The summed E-state index contributed by atoms with van der Waals surface area (Å²) in [5.74, 6) is 1.87. The molecule has 3 N–H and O–H groups in total. The van der Waals surface area contributed by atoms with E-state index in [-0.39, 0.29) is 11.9 Å². The van der Waals surface area contributed by atoms with Gasteiger partial charge in [0.15, 0.2) is 0 Å². The van der Waals surface area contributed by atoms with Gasteiger partial charge in [-0.2, -0.15) is 0 Å². The molecule has 1 amide bonds. The second-order valence-electron chi connectivity index (χ2n) is 6.93. The molecule has 142 valence electrons. The predicted molar refractivity (Wildman–Crippen MR) is 108 cm³/mol. The van der Waals surface area contributed by atoms with Crippen molar-refractivity contribution in [2.75, 3.05) is 24.7 Å². The smallest absolute Gasteiger partial charge is 0.270 e. The van der Waals surface area contributed by atoms with Crippen molar-refractivity contribution >= 4 is 23.8 Å². The van der Waals surface area contributed by atoms with Crippen molar-refractivity contribution < 1.29 is 4.79 Å². The molecular weight excluding hydrogens is 340 g/mol. The lowest BCUT2D eigenvalue weighted by Crippen LogP contribution is -2.26. The number of carbonyl (C=O) groups excluding carboxylic acids is 1. The van der Waals surface area contributed by atoms with Crippen molar-refractivity contribution in [3.8, 4) is 0 Å². The van der Waals surface area contributed by atoms with Crippen LogP contribution >= 0.6 is 0 Å². The van der Waals surface area contributed by atoms with Crippen LogP contribution < -0.4 is 10.6 Å². The Labute approximate surface area is 159 Å². The average molecular weight is 366 g/mol. The number of aromatic nitrogens is 2. The first kappa shape index (κ1) is 18.7. The van der Waals surface area contributed by atoms with Gasteiger partial charge in [-0.15, -0.1) is 0 Å². The molecule has 3 rings (SSSR count). The lowest BCUT2D eigenvalue weighted by atomic mass is 10.2. The maximum atomic E-state index is 12.7. The maximum Gasteiger partial charge on any atom is 0.270 e. The lowest BCUT2D eigenvalue weighted by molar-refractivity contribution is 0.0815. The van der Waals surface area contributed by atoms with E-state index in [1.807, 2.05) is 22.8 Å². The highest BCUT2D eigenvalue weighted by molar-refractivity contribution is 5.98. The van der Waals surface area contributed by atoms with Crippen molar-refractivity contribution in [1.29, 1.82) is 5.41 Å². The zero-order valence-corrected chi connectivity index (χ0v) is 15.8. The topological polar surface area (TPSA) is 86.0 Å². The zero-order chi connectivity index (χ0) is 19.4. The van der Waals surface area contributed by atoms with E-state index in [0.717, 1.165) is 31.5 Å². The van der Waals surface area contributed by atoms with Gasteiger partial charge in [0.2, 0.25) is 0 Å². The van der Waals surface area contributed by atoms with Crippen molar-refractivity contribution in [2.45, 2.75) is 31.7 Å². The highest BCUT2D eigenvalue weighted by Crippen LogP contribution is 2.36. The summed E-state index contributed by atoms with van der Waals surface area (Å²) in [6.07, 6.45) is 7.31. The fourth-order valence-electron chi connectivity index (χ4n) is 3.49. The third-order valence-corrected chi connectivity index (χ3v) is 4.75. The molecule has 2 heterocycles. The van der Waals surface area contributed by atoms with Gasteiger partial charge >= 0.3 is 0 Å². The lowest BCUT2D eigenvalue weighted by Gasteiger charge is -2.22. The number of nitrogens with zero attached hydrogens (tertiary/aromatic N) is 3. The summed E-state index contributed by atoms with van der Waals surface area (Å²) in [5, 5.41) is 14.2. The van der Waals surface area contributed by atoms with Gasteiger partial charge < -0.3 is 25.5 Å². The van der Waals surface area contributed by atoms with Crippen molar-refractivity contribution in [2.24, 2.45) is 0 Å². The third-order valence-electron chi connectivity index (χ3n) is 4.75. The monoisotopic (exact) mass is 366 g/mol. The molecule has 27 heavy (non-hydrogen) atoms. The Bertz CT molecular complexity index is 834. The molecule has 0 bridgehead atoms. The van der Waals surface area contributed by atoms with Gasteiger partial charge in [-0.25, -0.2) is 4.98 Å². The molecule has 1 saturated carbocycles. The second kappa shape index (κ2) is 8.07. The highest BCUT2D eigenvalue weighted by atomic mass is 16.2. The Morgan fingerprint density at radius 3 is 2.67 bits per heavy atom. The summed E-state index contributed by atoms with van der Waals surface area (Å²) in [4.78, 5) is 18.5. The molecule has 0 unspecified atom stereocenters. The fourth-order valence-corrected chi connectivity index (χ4v) is 3.49. The molecule has 0 saturated heterocycles. The Hall–Kier alpha value is -3.09. The number of anilines is 2. The molecular formula is C20H26N6O. The van der Waals surface area contributed by atoms with E-state index in [9.17, 15) is 4.79 Å². The van der Waals surface area contributed by atoms with Crippen LogP contribution in [0.25, 0.3) is 0 Å². The Balaban J connectivity index is 1.95. The summed E-state index contributed by atoms with van der Waals surface area (Å²) in [5.41, 5.74) is 1.26. The van der Waals surface area contributed by atoms with Crippen LogP contribution in [0.5, 0.6) is 0 Å². The van der Waals surface area contributed by atoms with Crippen LogP contribution in [0.15, 0.2) is 42.9 Å². The molecule has 1 aliphatic carbocycles. The van der Waals surface area contributed by atoms with E-state index in [0.29, 0.717) is 22.9 Å². The van der Waals surface area contributed by atoms with Gasteiger partial charge in [0.25, 0.3) is 5.91 Å². The number of hydrogen-bond donors (Lipinski definition) is 3. The van der Waals surface area contributed by atoms with E-state index in [1.165, 1.54) is 6.21 Å². The summed E-state index contributed by atoms with van der Waals surface area (Å²) in [6, 6.07) is 7.60. The third kappa shape index (κ3) is 4.02. The Morgan fingerprint density at radius 2 is 2.07 bits per heavy atom. The van der Waals surface area contributed by atoms with Crippen LogP contribution in [0.1, 0.15) is 47.8 Å². The summed E-state index contributed by atoms with van der Waals surface area (Å²) in [6.45, 7) is 4.03. The molecule has 0 aliphatic heterocycles. The van der Waals surface area contributed by atoms with Crippen molar-refractivity contribution in [1.82, 2.24) is 14.5 Å². The van der Waals surface area contributed by atoms with Gasteiger partial charge in [0.1, 0.15) is 23.2 Å². The molecule has 7 nitrogen and oxygen atoms in total. The summed E-state index contributed by atoms with van der Waals surface area (Å²) >= 11 is 0. The molecule has 0 atom stereocenters. The van der Waals surface area contributed by atoms with Crippen LogP contribution in [0.2, 0.25) is 0 Å². The van der Waals surface area contributed by atoms with Gasteiger partial charge in [0.05, 0.1) is 0 Å². The number of hydrogen-bond acceptors (Lipinski definition) is 5. The van der Waals surface area contributed by atoms with Crippen molar-refractivity contribution in [3.63, 3.8) is 0 Å². The van der Waals surface area contributed by atoms with Crippen LogP contribution in [0.3, 0.4) is 0 Å². The Kier molecular flexibility index (Phi) is 5.59. The summed E-state index contributed by atoms with van der Waals surface area (Å²) < 4.78 is 2.04. The standard InChI is InChI=1S/C20H26N6O/c1-14(23-18-10-6-7-11-22-18)24-19-15(13-21)12-17(20(27)25(2)3)26(19)16-8-4-5-9-16/h6-7,10-13,16,21,24H,1,4-5,8-9H2,2-3H3,(H,22,23). The summed E-state index contributed by atoms with van der Waals surface area (Å²) in [7, 11) is 3.49. The molecule has 1 aliphatic rings. The van der Waals surface area contributed by atoms with Crippen LogP contribution in [-0.2, 0) is 0 Å². The molecule has 0 spiro atoms.